The summed E-state index contributed by atoms with van der Waals surface area (Å²) in [7, 11) is 1.86. The maximum Gasteiger partial charge on any atom is 0.235 e. The summed E-state index contributed by atoms with van der Waals surface area (Å²) >= 11 is 11.9. The monoisotopic (exact) mass is 339 g/mol. The van der Waals surface area contributed by atoms with Crippen molar-refractivity contribution in [3.63, 3.8) is 0 Å². The summed E-state index contributed by atoms with van der Waals surface area (Å²) < 4.78 is 0. The lowest BCUT2D eigenvalue weighted by molar-refractivity contribution is -0.123. The van der Waals surface area contributed by atoms with E-state index in [0.29, 0.717) is 16.6 Å². The van der Waals surface area contributed by atoms with E-state index < -0.39 is 5.54 Å². The van der Waals surface area contributed by atoms with E-state index in [-0.39, 0.29) is 12.5 Å². The van der Waals surface area contributed by atoms with Gasteiger partial charge in [-0.15, -0.1) is 0 Å². The number of carbonyl (C=O) groups excluding carboxylic acids is 1. The fourth-order valence-corrected chi connectivity index (χ4v) is 3.12. The highest BCUT2D eigenvalue weighted by Gasteiger charge is 2.35. The molecule has 0 bridgehead atoms. The Hall–Kier alpha value is -1.28. The van der Waals surface area contributed by atoms with Crippen molar-refractivity contribution in [3.05, 3.63) is 33.8 Å². The minimum Gasteiger partial charge on any atom is -0.337 e. The number of carbonyl (C=O) groups is 1. The number of nitrogens with zero attached hydrogens (tertiary/aromatic N) is 2. The second-order valence-electron chi connectivity index (χ2n) is 5.87. The highest BCUT2D eigenvalue weighted by atomic mass is 35.5. The molecule has 1 fully saturated rings. The second-order valence-corrected chi connectivity index (χ2v) is 6.68. The van der Waals surface area contributed by atoms with E-state index in [1.165, 1.54) is 0 Å². The number of halogens is 2. The Morgan fingerprint density at radius 1 is 1.36 bits per heavy atom. The van der Waals surface area contributed by atoms with Gasteiger partial charge in [-0.05, 0) is 50.4 Å². The van der Waals surface area contributed by atoms with Crippen molar-refractivity contribution in [1.82, 2.24) is 10.2 Å². The predicted octanol–water partition coefficient (Wildman–Crippen LogP) is 3.38. The van der Waals surface area contributed by atoms with Crippen LogP contribution in [0.25, 0.3) is 0 Å². The molecule has 0 atom stereocenters. The van der Waals surface area contributed by atoms with Crippen LogP contribution in [0.1, 0.15) is 31.2 Å². The molecular weight excluding hydrogens is 321 g/mol. The van der Waals surface area contributed by atoms with Gasteiger partial charge in [0.2, 0.25) is 5.91 Å². The van der Waals surface area contributed by atoms with Crippen molar-refractivity contribution >= 4 is 29.1 Å². The van der Waals surface area contributed by atoms with Crippen LogP contribution < -0.4 is 5.32 Å². The van der Waals surface area contributed by atoms with Crippen LogP contribution in [0, 0.1) is 11.3 Å². The topological polar surface area (TPSA) is 56.1 Å². The van der Waals surface area contributed by atoms with E-state index in [9.17, 15) is 10.1 Å². The summed E-state index contributed by atoms with van der Waals surface area (Å²) in [6.07, 6.45) is 3.47. The Morgan fingerprint density at radius 2 is 2.05 bits per heavy atom. The van der Waals surface area contributed by atoms with Gasteiger partial charge in [0.1, 0.15) is 5.54 Å². The number of hydrogen-bond donors (Lipinski definition) is 1. The standard InChI is InChI=1S/C16H19Cl2N3O/c1-21(9-12-4-5-13(17)14(18)8-12)10-15(22)20-16(11-19)6-2-3-7-16/h4-5,8H,2-3,6-7,9-10H2,1H3,(H,20,22). The maximum atomic E-state index is 12.1. The Morgan fingerprint density at radius 3 is 2.64 bits per heavy atom. The third-order valence-electron chi connectivity index (χ3n) is 3.90. The van der Waals surface area contributed by atoms with E-state index in [0.717, 1.165) is 31.2 Å². The average Bonchev–Trinajstić information content (AvgIpc) is 2.91. The largest absolute Gasteiger partial charge is 0.337 e. The molecule has 1 aliphatic carbocycles. The van der Waals surface area contributed by atoms with Gasteiger partial charge in [0.25, 0.3) is 0 Å². The molecule has 0 saturated heterocycles. The van der Waals surface area contributed by atoms with E-state index in [1.54, 1.807) is 12.1 Å². The lowest BCUT2D eigenvalue weighted by atomic mass is 10.00. The molecule has 0 radical (unpaired) electrons. The van der Waals surface area contributed by atoms with Gasteiger partial charge in [0.15, 0.2) is 0 Å². The van der Waals surface area contributed by atoms with Crippen molar-refractivity contribution < 1.29 is 4.79 Å². The summed E-state index contributed by atoms with van der Waals surface area (Å²) in [5.41, 5.74) is 0.321. The summed E-state index contributed by atoms with van der Waals surface area (Å²) in [5.74, 6) is -0.119. The van der Waals surface area contributed by atoms with E-state index in [1.807, 2.05) is 18.0 Å². The summed E-state index contributed by atoms with van der Waals surface area (Å²) in [5, 5.41) is 13.2. The Kier molecular flexibility index (Phi) is 5.69. The smallest absolute Gasteiger partial charge is 0.235 e. The molecule has 6 heteroatoms. The zero-order valence-corrected chi connectivity index (χ0v) is 14.0. The second kappa shape index (κ2) is 7.32. The fourth-order valence-electron chi connectivity index (χ4n) is 2.80. The molecule has 0 spiro atoms. The van der Waals surface area contributed by atoms with Gasteiger partial charge in [-0.1, -0.05) is 29.3 Å². The zero-order chi connectivity index (χ0) is 16.2. The van der Waals surface area contributed by atoms with E-state index >= 15 is 0 Å². The van der Waals surface area contributed by atoms with Gasteiger partial charge in [0, 0.05) is 6.54 Å². The lowest BCUT2D eigenvalue weighted by Crippen LogP contribution is -2.48. The third kappa shape index (κ3) is 4.36. The van der Waals surface area contributed by atoms with Gasteiger partial charge in [0.05, 0.1) is 22.7 Å². The van der Waals surface area contributed by atoms with Crippen LogP contribution in [0.2, 0.25) is 10.0 Å². The van der Waals surface area contributed by atoms with Crippen LogP contribution in [0.5, 0.6) is 0 Å². The van der Waals surface area contributed by atoms with Crippen LogP contribution in [-0.4, -0.2) is 29.9 Å². The number of hydrogen-bond acceptors (Lipinski definition) is 3. The molecule has 0 heterocycles. The lowest BCUT2D eigenvalue weighted by Gasteiger charge is -2.24. The minimum atomic E-state index is -0.665. The Balaban J connectivity index is 1.88. The van der Waals surface area contributed by atoms with Crippen molar-refractivity contribution in [2.24, 2.45) is 0 Å². The summed E-state index contributed by atoms with van der Waals surface area (Å²) in [6.45, 7) is 0.827. The molecule has 1 amide bonds. The first-order valence-corrected chi connectivity index (χ1v) is 8.04. The molecule has 118 valence electrons. The van der Waals surface area contributed by atoms with Crippen molar-refractivity contribution in [2.75, 3.05) is 13.6 Å². The number of likely N-dealkylation sites (N-methyl/N-ethyl adjacent to an activating group) is 1. The normalized spacial score (nSPS) is 16.5. The van der Waals surface area contributed by atoms with Crippen LogP contribution in [0.15, 0.2) is 18.2 Å². The number of benzene rings is 1. The van der Waals surface area contributed by atoms with Gasteiger partial charge in [-0.3, -0.25) is 9.69 Å². The molecule has 0 unspecified atom stereocenters. The van der Waals surface area contributed by atoms with Gasteiger partial charge in [-0.2, -0.15) is 5.26 Å². The molecule has 0 aliphatic heterocycles. The molecule has 0 aromatic heterocycles. The first-order valence-electron chi connectivity index (χ1n) is 7.29. The SMILES string of the molecule is CN(CC(=O)NC1(C#N)CCCC1)Cc1ccc(Cl)c(Cl)c1. The molecule has 22 heavy (non-hydrogen) atoms. The molecule has 1 aromatic carbocycles. The molecule has 1 aliphatic rings. The van der Waals surface area contributed by atoms with Crippen LogP contribution in [0.4, 0.5) is 0 Å². The van der Waals surface area contributed by atoms with Crippen LogP contribution >= 0.6 is 23.2 Å². The number of nitrogens with one attached hydrogen (secondary N) is 1. The van der Waals surface area contributed by atoms with Crippen molar-refractivity contribution in [2.45, 2.75) is 37.8 Å². The highest BCUT2D eigenvalue weighted by molar-refractivity contribution is 6.42. The molecular formula is C16H19Cl2N3O. The molecule has 4 nitrogen and oxygen atoms in total. The number of amides is 1. The van der Waals surface area contributed by atoms with Crippen molar-refractivity contribution in [1.29, 1.82) is 5.26 Å². The van der Waals surface area contributed by atoms with Gasteiger partial charge >= 0.3 is 0 Å². The first kappa shape index (κ1) is 17.1. The average molecular weight is 340 g/mol. The third-order valence-corrected chi connectivity index (χ3v) is 4.64. The highest BCUT2D eigenvalue weighted by Crippen LogP contribution is 2.28. The Labute approximate surface area is 141 Å². The van der Waals surface area contributed by atoms with Crippen molar-refractivity contribution in [3.8, 4) is 6.07 Å². The first-order chi connectivity index (χ1) is 10.4. The number of rotatable bonds is 5. The minimum absolute atomic E-state index is 0.119. The fraction of sp³-hybridized carbons (Fsp3) is 0.500. The predicted molar refractivity (Wildman–Crippen MR) is 87.8 cm³/mol. The summed E-state index contributed by atoms with van der Waals surface area (Å²) in [4.78, 5) is 14.0. The van der Waals surface area contributed by atoms with Crippen LogP contribution in [-0.2, 0) is 11.3 Å². The zero-order valence-electron chi connectivity index (χ0n) is 12.5. The quantitative estimate of drug-likeness (QED) is 0.894. The molecule has 1 N–H and O–H groups in total. The van der Waals surface area contributed by atoms with Gasteiger partial charge in [-0.25, -0.2) is 0 Å². The molecule has 2 rings (SSSR count). The maximum absolute atomic E-state index is 12.1. The number of nitriles is 1. The Bertz CT molecular complexity index is 592. The molecule has 1 saturated carbocycles. The molecule has 1 aromatic rings. The van der Waals surface area contributed by atoms with E-state index in [2.05, 4.69) is 11.4 Å². The van der Waals surface area contributed by atoms with E-state index in [4.69, 9.17) is 23.2 Å². The van der Waals surface area contributed by atoms with Gasteiger partial charge < -0.3 is 5.32 Å². The summed E-state index contributed by atoms with van der Waals surface area (Å²) in [6, 6.07) is 7.69. The van der Waals surface area contributed by atoms with Crippen LogP contribution in [0.3, 0.4) is 0 Å².